The first-order valence-electron chi connectivity index (χ1n) is 10.1. The van der Waals surface area contributed by atoms with Crippen LogP contribution in [-0.4, -0.2) is 74.3 Å². The van der Waals surface area contributed by atoms with Crippen LogP contribution in [0.4, 0.5) is 16.2 Å². The number of halogens is 1. The van der Waals surface area contributed by atoms with Gasteiger partial charge in [0, 0.05) is 44.0 Å². The van der Waals surface area contributed by atoms with E-state index in [1.54, 1.807) is 6.20 Å². The van der Waals surface area contributed by atoms with Gasteiger partial charge >= 0.3 is 0 Å². The first-order valence-corrected chi connectivity index (χ1v) is 10.1. The van der Waals surface area contributed by atoms with Crippen molar-refractivity contribution >= 4 is 17.7 Å². The van der Waals surface area contributed by atoms with Gasteiger partial charge < -0.3 is 25.4 Å². The highest BCUT2D eigenvalue weighted by atomic mass is 19.1. The van der Waals surface area contributed by atoms with Crippen molar-refractivity contribution in [3.63, 3.8) is 0 Å². The summed E-state index contributed by atoms with van der Waals surface area (Å²) in [6.07, 6.45) is 1.42. The van der Waals surface area contributed by atoms with Gasteiger partial charge in [0.1, 0.15) is 17.8 Å². The van der Waals surface area contributed by atoms with Crippen molar-refractivity contribution in [2.24, 2.45) is 0 Å². The molecule has 2 aliphatic heterocycles. The Kier molecular flexibility index (Phi) is 6.01. The highest BCUT2D eigenvalue weighted by molar-refractivity contribution is 5.94. The van der Waals surface area contributed by atoms with Crippen LogP contribution in [-0.2, 0) is 0 Å². The lowest BCUT2D eigenvalue weighted by Crippen LogP contribution is -2.49. The molecule has 3 N–H and O–H groups in total. The molecule has 9 nitrogen and oxygen atoms in total. The molecule has 0 saturated heterocycles. The number of hydrogen-bond acceptors (Lipinski definition) is 8. The summed E-state index contributed by atoms with van der Waals surface area (Å²) in [5.41, 5.74) is 8.74. The number of hydrazine groups is 1. The molecule has 0 bridgehead atoms. The first-order chi connectivity index (χ1) is 14.9. The number of hydrogen-bond donors (Lipinski definition) is 3. The second-order valence-corrected chi connectivity index (χ2v) is 7.98. The Morgan fingerprint density at radius 2 is 1.97 bits per heavy atom. The second kappa shape index (κ2) is 8.86. The summed E-state index contributed by atoms with van der Waals surface area (Å²) >= 11 is 0. The minimum absolute atomic E-state index is 0.265. The fraction of sp³-hybridized carbons (Fsp3) is 0.381. The number of rotatable bonds is 7. The number of carbonyl (C=O) groups excluding carboxylic acids is 1. The fourth-order valence-corrected chi connectivity index (χ4v) is 3.53. The molecule has 1 aromatic carbocycles. The molecule has 1 amide bonds. The van der Waals surface area contributed by atoms with Crippen molar-refractivity contribution in [1.82, 2.24) is 31.0 Å². The third kappa shape index (κ3) is 4.75. The van der Waals surface area contributed by atoms with Crippen LogP contribution in [0.1, 0.15) is 10.4 Å². The Bertz CT molecular complexity index is 978. The minimum atomic E-state index is -0.370. The number of nitrogens with one attached hydrogen (secondary N) is 3. The molecule has 1 atom stereocenters. The van der Waals surface area contributed by atoms with E-state index in [-0.39, 0.29) is 17.9 Å². The van der Waals surface area contributed by atoms with Gasteiger partial charge in [-0.15, -0.1) is 0 Å². The number of likely N-dealkylation sites (N-methyl/N-ethyl adjacent to an activating group) is 2. The molecule has 0 radical (unpaired) electrons. The van der Waals surface area contributed by atoms with Gasteiger partial charge in [-0.05, 0) is 44.4 Å². The topological polar surface area (TPSA) is 88.7 Å². The van der Waals surface area contributed by atoms with E-state index in [9.17, 15) is 9.18 Å². The van der Waals surface area contributed by atoms with E-state index in [1.165, 1.54) is 24.3 Å². The Morgan fingerprint density at radius 1 is 1.19 bits per heavy atom. The first kappa shape index (κ1) is 21.0. The van der Waals surface area contributed by atoms with E-state index in [1.807, 2.05) is 32.1 Å². The number of anilines is 2. The third-order valence-corrected chi connectivity index (χ3v) is 5.37. The van der Waals surface area contributed by atoms with E-state index < -0.39 is 0 Å². The molecular formula is C21H27FN8O. The minimum Gasteiger partial charge on any atom is -0.346 e. The van der Waals surface area contributed by atoms with Crippen LogP contribution < -0.4 is 26.0 Å². The van der Waals surface area contributed by atoms with Gasteiger partial charge in [0.05, 0.1) is 12.2 Å². The molecule has 0 fully saturated rings. The summed E-state index contributed by atoms with van der Waals surface area (Å²) in [5.74, 6) is 0.878. The summed E-state index contributed by atoms with van der Waals surface area (Å²) in [5, 5.41) is 2.95. The summed E-state index contributed by atoms with van der Waals surface area (Å²) in [6.45, 7) is 3.02. The Labute approximate surface area is 180 Å². The van der Waals surface area contributed by atoms with E-state index in [2.05, 4.69) is 31.0 Å². The highest BCUT2D eigenvalue weighted by Gasteiger charge is 2.34. The van der Waals surface area contributed by atoms with Gasteiger partial charge in [0.2, 0.25) is 5.95 Å². The molecule has 3 heterocycles. The summed E-state index contributed by atoms with van der Waals surface area (Å²) in [7, 11) is 6.06. The second-order valence-electron chi connectivity index (χ2n) is 7.98. The standard InChI is InChI=1S/C21H27FN8O/c1-28(2)10-11-29(3)21-23-9-8-18(24-21)30-12-16-17(13-30)26-27-19(16)25-20(31)14-4-6-15(22)7-5-14/h4-9,19,26-27H,10-13H2,1-3H3,(H,25,31). The Balaban J connectivity index is 1.40. The lowest BCUT2D eigenvalue weighted by Gasteiger charge is -2.24. The van der Waals surface area contributed by atoms with Gasteiger partial charge in [-0.25, -0.2) is 14.8 Å². The normalized spacial score (nSPS) is 17.7. The van der Waals surface area contributed by atoms with Crippen LogP contribution in [0, 0.1) is 5.82 Å². The molecule has 2 aromatic rings. The van der Waals surface area contributed by atoms with Gasteiger partial charge in [-0.1, -0.05) is 0 Å². The largest absolute Gasteiger partial charge is 0.346 e. The van der Waals surface area contributed by atoms with Crippen LogP contribution in [0.2, 0.25) is 0 Å². The molecule has 0 aliphatic carbocycles. The van der Waals surface area contributed by atoms with E-state index in [0.717, 1.165) is 30.2 Å². The molecule has 1 aromatic heterocycles. The van der Waals surface area contributed by atoms with Gasteiger partial charge in [0.15, 0.2) is 0 Å². The van der Waals surface area contributed by atoms with Crippen molar-refractivity contribution in [2.75, 3.05) is 57.1 Å². The number of benzene rings is 1. The zero-order valence-corrected chi connectivity index (χ0v) is 17.9. The molecule has 164 valence electrons. The maximum Gasteiger partial charge on any atom is 0.252 e. The zero-order chi connectivity index (χ0) is 22.0. The van der Waals surface area contributed by atoms with Crippen molar-refractivity contribution in [2.45, 2.75) is 6.17 Å². The molecule has 2 aliphatic rings. The van der Waals surface area contributed by atoms with Crippen LogP contribution in [0.3, 0.4) is 0 Å². The van der Waals surface area contributed by atoms with E-state index >= 15 is 0 Å². The predicted octanol–water partition coefficient (Wildman–Crippen LogP) is 0.552. The molecule has 31 heavy (non-hydrogen) atoms. The smallest absolute Gasteiger partial charge is 0.252 e. The number of carbonyl (C=O) groups is 1. The maximum atomic E-state index is 13.1. The molecule has 4 rings (SSSR count). The van der Waals surface area contributed by atoms with E-state index in [0.29, 0.717) is 24.6 Å². The summed E-state index contributed by atoms with van der Waals surface area (Å²) in [6, 6.07) is 7.39. The van der Waals surface area contributed by atoms with Crippen LogP contribution >= 0.6 is 0 Å². The number of amides is 1. The summed E-state index contributed by atoms with van der Waals surface area (Å²) in [4.78, 5) is 27.9. The average molecular weight is 427 g/mol. The predicted molar refractivity (Wildman–Crippen MR) is 117 cm³/mol. The monoisotopic (exact) mass is 426 g/mol. The molecule has 0 saturated carbocycles. The molecule has 0 spiro atoms. The number of nitrogens with zero attached hydrogens (tertiary/aromatic N) is 5. The van der Waals surface area contributed by atoms with Gasteiger partial charge in [-0.3, -0.25) is 4.79 Å². The maximum absolute atomic E-state index is 13.1. The lowest BCUT2D eigenvalue weighted by atomic mass is 10.1. The SMILES string of the molecule is CN(C)CCN(C)c1nccc(N2CC3=C(C2)C(NC(=O)c2ccc(F)cc2)NN3)n1. The van der Waals surface area contributed by atoms with Crippen LogP contribution in [0.25, 0.3) is 0 Å². The molecular weight excluding hydrogens is 399 g/mol. The highest BCUT2D eigenvalue weighted by Crippen LogP contribution is 2.26. The molecule has 10 heteroatoms. The van der Waals surface area contributed by atoms with Crippen LogP contribution in [0.15, 0.2) is 47.8 Å². The quantitative estimate of drug-likeness (QED) is 0.592. The number of aromatic nitrogens is 2. The van der Waals surface area contributed by atoms with Crippen molar-refractivity contribution in [1.29, 1.82) is 0 Å². The lowest BCUT2D eigenvalue weighted by molar-refractivity contribution is 0.0936. The zero-order valence-electron chi connectivity index (χ0n) is 17.9. The van der Waals surface area contributed by atoms with Crippen molar-refractivity contribution < 1.29 is 9.18 Å². The van der Waals surface area contributed by atoms with E-state index in [4.69, 9.17) is 4.98 Å². The fourth-order valence-electron chi connectivity index (χ4n) is 3.53. The molecule has 1 unspecified atom stereocenters. The summed E-state index contributed by atoms with van der Waals surface area (Å²) < 4.78 is 13.1. The third-order valence-electron chi connectivity index (χ3n) is 5.37. The average Bonchev–Trinajstić information content (AvgIpc) is 3.34. The van der Waals surface area contributed by atoms with Crippen molar-refractivity contribution in [3.8, 4) is 0 Å². The van der Waals surface area contributed by atoms with Crippen LogP contribution in [0.5, 0.6) is 0 Å². The van der Waals surface area contributed by atoms with Gasteiger partial charge in [-0.2, -0.15) is 4.98 Å². The van der Waals surface area contributed by atoms with Crippen molar-refractivity contribution in [3.05, 3.63) is 59.2 Å². The van der Waals surface area contributed by atoms with Gasteiger partial charge in [0.25, 0.3) is 5.91 Å². The Morgan fingerprint density at radius 3 is 2.71 bits per heavy atom. The Hall–Kier alpha value is -3.24.